The fourth-order valence-electron chi connectivity index (χ4n) is 1.75. The molecule has 0 bridgehead atoms. The number of rotatable bonds is 3. The van der Waals surface area contributed by atoms with Gasteiger partial charge >= 0.3 is 0 Å². The van der Waals surface area contributed by atoms with Crippen LogP contribution in [-0.4, -0.2) is 13.5 Å². The van der Waals surface area contributed by atoms with Crippen LogP contribution in [0.2, 0.25) is 0 Å². The summed E-state index contributed by atoms with van der Waals surface area (Å²) in [6.45, 7) is 1.57. The predicted octanol–water partition coefficient (Wildman–Crippen LogP) is 2.51. The summed E-state index contributed by atoms with van der Waals surface area (Å²) in [7, 11) is -4.07. The largest absolute Gasteiger partial charge is 0.506 e. The maximum Gasteiger partial charge on any atom is 0.262 e. The molecular formula is C14H11FN2O3S. The van der Waals surface area contributed by atoms with Gasteiger partial charge in [-0.15, -0.1) is 0 Å². The van der Waals surface area contributed by atoms with Gasteiger partial charge in [-0.1, -0.05) is 0 Å². The molecule has 2 aromatic carbocycles. The summed E-state index contributed by atoms with van der Waals surface area (Å²) < 4.78 is 39.8. The van der Waals surface area contributed by atoms with Gasteiger partial charge in [-0.25, -0.2) is 12.8 Å². The second-order valence-electron chi connectivity index (χ2n) is 4.41. The molecule has 0 aliphatic heterocycles. The number of hydrogen-bond acceptors (Lipinski definition) is 4. The molecule has 0 saturated carbocycles. The smallest absolute Gasteiger partial charge is 0.262 e. The number of hydrogen-bond donors (Lipinski definition) is 2. The molecule has 0 amide bonds. The molecule has 0 atom stereocenters. The minimum Gasteiger partial charge on any atom is -0.506 e. The van der Waals surface area contributed by atoms with E-state index in [0.29, 0.717) is 5.56 Å². The minimum atomic E-state index is -4.07. The number of anilines is 1. The number of aromatic hydroxyl groups is 1. The van der Waals surface area contributed by atoms with Crippen molar-refractivity contribution >= 4 is 15.7 Å². The fraction of sp³-hybridized carbons (Fsp3) is 0.0714. The lowest BCUT2D eigenvalue weighted by Gasteiger charge is -2.10. The summed E-state index contributed by atoms with van der Waals surface area (Å²) in [6, 6.07) is 8.95. The zero-order valence-corrected chi connectivity index (χ0v) is 11.8. The van der Waals surface area contributed by atoms with Crippen LogP contribution in [0.1, 0.15) is 11.1 Å². The normalized spacial score (nSPS) is 10.9. The number of halogens is 1. The molecule has 2 aromatic rings. The van der Waals surface area contributed by atoms with Gasteiger partial charge in [0.1, 0.15) is 11.6 Å². The van der Waals surface area contributed by atoms with E-state index >= 15 is 0 Å². The summed E-state index contributed by atoms with van der Waals surface area (Å²) in [5.74, 6) is -1.00. The Labute approximate surface area is 121 Å². The Hall–Kier alpha value is -2.59. The Bertz CT molecular complexity index is 822. The van der Waals surface area contributed by atoms with E-state index in [-0.39, 0.29) is 21.9 Å². The van der Waals surface area contributed by atoms with Crippen LogP contribution in [-0.2, 0) is 10.0 Å². The quantitative estimate of drug-likeness (QED) is 0.853. The summed E-state index contributed by atoms with van der Waals surface area (Å²) in [4.78, 5) is -0.262. The number of phenols is 1. The summed E-state index contributed by atoms with van der Waals surface area (Å²) >= 11 is 0. The standard InChI is InChI=1S/C14H11FN2O3S/c1-9-4-11(15)7-12(5-9)21(19,20)17-13-6-10(8-16)2-3-14(13)18/h2-7,17-18H,1H3. The van der Waals surface area contributed by atoms with Crippen molar-refractivity contribution in [2.24, 2.45) is 0 Å². The zero-order chi connectivity index (χ0) is 15.6. The van der Waals surface area contributed by atoms with E-state index in [1.165, 1.54) is 30.3 Å². The van der Waals surface area contributed by atoms with Crippen LogP contribution >= 0.6 is 0 Å². The Morgan fingerprint density at radius 1 is 1.24 bits per heavy atom. The third-order valence-corrected chi connectivity index (χ3v) is 4.04. The number of aryl methyl sites for hydroxylation is 1. The lowest BCUT2D eigenvalue weighted by Crippen LogP contribution is -2.13. The number of benzene rings is 2. The van der Waals surface area contributed by atoms with Gasteiger partial charge in [-0.2, -0.15) is 5.26 Å². The van der Waals surface area contributed by atoms with Crippen molar-refractivity contribution in [3.05, 3.63) is 53.3 Å². The summed E-state index contributed by atoms with van der Waals surface area (Å²) in [5.41, 5.74) is 0.488. The first-order valence-electron chi connectivity index (χ1n) is 5.85. The molecule has 7 heteroatoms. The van der Waals surface area contributed by atoms with Crippen LogP contribution < -0.4 is 4.72 Å². The van der Waals surface area contributed by atoms with Crippen LogP contribution in [0.15, 0.2) is 41.3 Å². The van der Waals surface area contributed by atoms with Gasteiger partial charge in [0, 0.05) is 0 Å². The Morgan fingerprint density at radius 2 is 1.95 bits per heavy atom. The molecule has 0 unspecified atom stereocenters. The van der Waals surface area contributed by atoms with E-state index in [1.54, 1.807) is 6.92 Å². The highest BCUT2D eigenvalue weighted by Crippen LogP contribution is 2.27. The van der Waals surface area contributed by atoms with Crippen molar-refractivity contribution in [3.8, 4) is 11.8 Å². The number of phenolic OH excluding ortho intramolecular Hbond substituents is 1. The number of nitriles is 1. The van der Waals surface area contributed by atoms with Crippen molar-refractivity contribution in [2.45, 2.75) is 11.8 Å². The molecule has 0 aliphatic carbocycles. The topological polar surface area (TPSA) is 90.2 Å². The molecule has 108 valence electrons. The van der Waals surface area contributed by atoms with Crippen LogP contribution in [0.5, 0.6) is 5.75 Å². The SMILES string of the molecule is Cc1cc(F)cc(S(=O)(=O)Nc2cc(C#N)ccc2O)c1. The molecule has 0 fully saturated rings. The van der Waals surface area contributed by atoms with E-state index in [4.69, 9.17) is 5.26 Å². The maximum atomic E-state index is 13.3. The van der Waals surface area contributed by atoms with Gasteiger partial charge in [0.2, 0.25) is 0 Å². The van der Waals surface area contributed by atoms with E-state index in [2.05, 4.69) is 4.72 Å². The Balaban J connectivity index is 2.44. The van der Waals surface area contributed by atoms with E-state index in [0.717, 1.165) is 6.07 Å². The molecule has 0 radical (unpaired) electrons. The van der Waals surface area contributed by atoms with Crippen LogP contribution in [0.25, 0.3) is 0 Å². The van der Waals surface area contributed by atoms with Gasteiger partial charge < -0.3 is 5.11 Å². The van der Waals surface area contributed by atoms with Crippen molar-refractivity contribution in [1.29, 1.82) is 5.26 Å². The van der Waals surface area contributed by atoms with Gasteiger partial charge in [0.15, 0.2) is 0 Å². The Kier molecular flexibility index (Phi) is 3.82. The molecular weight excluding hydrogens is 295 g/mol. The maximum absolute atomic E-state index is 13.3. The second kappa shape index (κ2) is 5.42. The molecule has 0 spiro atoms. The monoisotopic (exact) mass is 306 g/mol. The number of nitrogens with zero attached hydrogens (tertiary/aromatic N) is 1. The average Bonchev–Trinajstić information content (AvgIpc) is 2.40. The third-order valence-electron chi connectivity index (χ3n) is 2.70. The Morgan fingerprint density at radius 3 is 2.57 bits per heavy atom. The van der Waals surface area contributed by atoms with Crippen molar-refractivity contribution in [3.63, 3.8) is 0 Å². The van der Waals surface area contributed by atoms with Gasteiger partial charge in [0.05, 0.1) is 22.2 Å². The van der Waals surface area contributed by atoms with E-state index in [9.17, 15) is 17.9 Å². The lowest BCUT2D eigenvalue weighted by atomic mass is 10.2. The first kappa shape index (κ1) is 14.8. The van der Waals surface area contributed by atoms with Crippen LogP contribution in [0.4, 0.5) is 10.1 Å². The molecule has 5 nitrogen and oxygen atoms in total. The summed E-state index contributed by atoms with van der Waals surface area (Å²) in [6.07, 6.45) is 0. The molecule has 0 heterocycles. The van der Waals surface area contributed by atoms with Crippen molar-refractivity contribution < 1.29 is 17.9 Å². The van der Waals surface area contributed by atoms with Gasteiger partial charge in [0.25, 0.3) is 10.0 Å². The molecule has 21 heavy (non-hydrogen) atoms. The molecule has 2 rings (SSSR count). The van der Waals surface area contributed by atoms with Crippen molar-refractivity contribution in [2.75, 3.05) is 4.72 Å². The fourth-order valence-corrected chi connectivity index (χ4v) is 2.93. The highest BCUT2D eigenvalue weighted by Gasteiger charge is 2.17. The molecule has 2 N–H and O–H groups in total. The highest BCUT2D eigenvalue weighted by atomic mass is 32.2. The van der Waals surface area contributed by atoms with Crippen molar-refractivity contribution in [1.82, 2.24) is 0 Å². The second-order valence-corrected chi connectivity index (χ2v) is 6.10. The number of nitrogens with one attached hydrogen (secondary N) is 1. The number of sulfonamides is 1. The van der Waals surface area contributed by atoms with Crippen LogP contribution in [0.3, 0.4) is 0 Å². The minimum absolute atomic E-state index is 0.143. The lowest BCUT2D eigenvalue weighted by molar-refractivity contribution is 0.477. The third kappa shape index (κ3) is 3.30. The first-order chi connectivity index (χ1) is 9.81. The predicted molar refractivity (Wildman–Crippen MR) is 74.8 cm³/mol. The van der Waals surface area contributed by atoms with Gasteiger partial charge in [-0.3, -0.25) is 4.72 Å². The average molecular weight is 306 g/mol. The van der Waals surface area contributed by atoms with Gasteiger partial charge in [-0.05, 0) is 48.9 Å². The summed E-state index contributed by atoms with van der Waals surface area (Å²) in [5, 5.41) is 18.4. The van der Waals surface area contributed by atoms with E-state index < -0.39 is 15.8 Å². The van der Waals surface area contributed by atoms with E-state index in [1.807, 2.05) is 6.07 Å². The van der Waals surface area contributed by atoms with Crippen LogP contribution in [0, 0.1) is 24.1 Å². The zero-order valence-electron chi connectivity index (χ0n) is 11.0. The molecule has 0 saturated heterocycles. The molecule has 0 aliphatic rings. The first-order valence-corrected chi connectivity index (χ1v) is 7.33. The highest BCUT2D eigenvalue weighted by molar-refractivity contribution is 7.92. The molecule has 0 aromatic heterocycles.